The second kappa shape index (κ2) is 10.2. The Bertz CT molecular complexity index is 1040. The van der Waals surface area contributed by atoms with Crippen LogP contribution in [0.1, 0.15) is 11.3 Å². The lowest BCUT2D eigenvalue weighted by Crippen LogP contribution is -2.49. The Balaban J connectivity index is 1.22. The molecule has 31 heavy (non-hydrogen) atoms. The van der Waals surface area contributed by atoms with Gasteiger partial charge in [0.1, 0.15) is 10.8 Å². The van der Waals surface area contributed by atoms with E-state index in [1.54, 1.807) is 23.5 Å². The zero-order valence-corrected chi connectivity index (χ0v) is 18.1. The Morgan fingerprint density at radius 2 is 1.81 bits per heavy atom. The normalized spacial score (nSPS) is 14.2. The molecule has 0 aliphatic carbocycles. The molecule has 7 heteroatoms. The number of rotatable bonds is 7. The van der Waals surface area contributed by atoms with Gasteiger partial charge in [0.15, 0.2) is 6.61 Å². The smallest absolute Gasteiger partial charge is 0.260 e. The minimum atomic E-state index is 0.000716. The van der Waals surface area contributed by atoms with Crippen LogP contribution >= 0.6 is 11.3 Å². The van der Waals surface area contributed by atoms with Crippen molar-refractivity contribution in [2.45, 2.75) is 13.0 Å². The molecule has 0 radical (unpaired) electrons. The molecule has 2 aromatic carbocycles. The summed E-state index contributed by atoms with van der Waals surface area (Å²) in [5.74, 6) is 0.646. The van der Waals surface area contributed by atoms with Gasteiger partial charge in [0.05, 0.1) is 18.2 Å². The van der Waals surface area contributed by atoms with Crippen molar-refractivity contribution in [2.24, 2.45) is 0 Å². The van der Waals surface area contributed by atoms with Crippen LogP contribution in [-0.4, -0.2) is 53.5 Å². The van der Waals surface area contributed by atoms with E-state index in [0.717, 1.165) is 41.5 Å². The average Bonchev–Trinajstić information content (AvgIpc) is 3.28. The van der Waals surface area contributed by atoms with E-state index >= 15 is 0 Å². The third kappa shape index (κ3) is 5.69. The number of aromatic nitrogens is 1. The summed E-state index contributed by atoms with van der Waals surface area (Å²) >= 11 is 1.67. The van der Waals surface area contributed by atoms with Crippen LogP contribution in [0.3, 0.4) is 0 Å². The summed E-state index contributed by atoms with van der Waals surface area (Å²) in [6, 6.07) is 19.6. The van der Waals surface area contributed by atoms with Crippen molar-refractivity contribution >= 4 is 17.2 Å². The molecule has 1 fully saturated rings. The van der Waals surface area contributed by atoms with Gasteiger partial charge in [-0.2, -0.15) is 5.26 Å². The molecule has 1 saturated heterocycles. The van der Waals surface area contributed by atoms with E-state index in [9.17, 15) is 4.79 Å². The highest BCUT2D eigenvalue weighted by Crippen LogP contribution is 2.24. The fourth-order valence-electron chi connectivity index (χ4n) is 3.51. The SMILES string of the molecule is N#CCc1ccc(OCC(=O)N2CCN(Cc3csc(-c4ccccc4)n3)CC2)cc1. The molecule has 0 N–H and O–H groups in total. The second-order valence-electron chi connectivity index (χ2n) is 7.43. The molecule has 1 aliphatic rings. The number of hydrogen-bond donors (Lipinski definition) is 0. The Kier molecular flexibility index (Phi) is 6.92. The van der Waals surface area contributed by atoms with E-state index in [-0.39, 0.29) is 12.5 Å². The maximum atomic E-state index is 12.5. The van der Waals surface area contributed by atoms with Crippen molar-refractivity contribution in [2.75, 3.05) is 32.8 Å². The van der Waals surface area contributed by atoms with Gasteiger partial charge in [0.25, 0.3) is 5.91 Å². The van der Waals surface area contributed by atoms with Crippen molar-refractivity contribution in [3.05, 3.63) is 71.2 Å². The van der Waals surface area contributed by atoms with Gasteiger partial charge in [-0.3, -0.25) is 9.69 Å². The minimum Gasteiger partial charge on any atom is -0.484 e. The average molecular weight is 433 g/mol. The van der Waals surface area contributed by atoms with Gasteiger partial charge in [0.2, 0.25) is 0 Å². The first-order valence-corrected chi connectivity index (χ1v) is 11.2. The first-order valence-electron chi connectivity index (χ1n) is 10.3. The number of thiazole rings is 1. The fraction of sp³-hybridized carbons (Fsp3) is 0.292. The number of carbonyl (C=O) groups excluding carboxylic acids is 1. The molecule has 1 aromatic heterocycles. The topological polar surface area (TPSA) is 69.5 Å². The summed E-state index contributed by atoms with van der Waals surface area (Å²) in [6.07, 6.45) is 0.373. The Morgan fingerprint density at radius 1 is 1.06 bits per heavy atom. The molecule has 3 aromatic rings. The summed E-state index contributed by atoms with van der Waals surface area (Å²) in [6.45, 7) is 3.87. The summed E-state index contributed by atoms with van der Waals surface area (Å²) in [5.41, 5.74) is 3.16. The van der Waals surface area contributed by atoms with Crippen molar-refractivity contribution in [3.8, 4) is 22.4 Å². The number of piperazine rings is 1. The zero-order chi connectivity index (χ0) is 21.5. The van der Waals surface area contributed by atoms with Crippen molar-refractivity contribution < 1.29 is 9.53 Å². The molecule has 158 valence electrons. The van der Waals surface area contributed by atoms with Crippen LogP contribution in [0.15, 0.2) is 60.0 Å². The highest BCUT2D eigenvalue weighted by Gasteiger charge is 2.22. The first-order chi connectivity index (χ1) is 15.2. The molecule has 0 unspecified atom stereocenters. The van der Waals surface area contributed by atoms with Gasteiger partial charge in [-0.25, -0.2) is 4.98 Å². The maximum Gasteiger partial charge on any atom is 0.260 e. The van der Waals surface area contributed by atoms with Gasteiger partial charge in [-0.05, 0) is 17.7 Å². The van der Waals surface area contributed by atoms with Gasteiger partial charge in [0, 0.05) is 43.7 Å². The molecular formula is C24H24N4O2S. The number of amides is 1. The van der Waals surface area contributed by atoms with E-state index in [0.29, 0.717) is 25.3 Å². The van der Waals surface area contributed by atoms with E-state index in [1.807, 2.05) is 35.2 Å². The van der Waals surface area contributed by atoms with Crippen LogP contribution in [0.2, 0.25) is 0 Å². The number of nitrogens with zero attached hydrogens (tertiary/aromatic N) is 4. The Morgan fingerprint density at radius 3 is 2.52 bits per heavy atom. The molecule has 0 spiro atoms. The van der Waals surface area contributed by atoms with Crippen molar-refractivity contribution in [1.29, 1.82) is 5.26 Å². The van der Waals surface area contributed by atoms with Crippen molar-refractivity contribution in [3.63, 3.8) is 0 Å². The Labute approximate surface area is 186 Å². The van der Waals surface area contributed by atoms with Crippen LogP contribution in [0, 0.1) is 11.3 Å². The lowest BCUT2D eigenvalue weighted by molar-refractivity contribution is -0.135. The predicted molar refractivity (Wildman–Crippen MR) is 121 cm³/mol. The number of ether oxygens (including phenoxy) is 1. The van der Waals surface area contributed by atoms with Gasteiger partial charge in [-0.15, -0.1) is 11.3 Å². The predicted octanol–water partition coefficient (Wildman–Crippen LogP) is 3.60. The molecule has 0 atom stereocenters. The fourth-order valence-corrected chi connectivity index (χ4v) is 4.33. The monoisotopic (exact) mass is 432 g/mol. The van der Waals surface area contributed by atoms with E-state index in [2.05, 4.69) is 28.5 Å². The first kappa shape index (κ1) is 21.0. The van der Waals surface area contributed by atoms with E-state index < -0.39 is 0 Å². The van der Waals surface area contributed by atoms with Crippen LogP contribution < -0.4 is 4.74 Å². The van der Waals surface area contributed by atoms with Crippen LogP contribution in [0.25, 0.3) is 10.6 Å². The van der Waals surface area contributed by atoms with Crippen LogP contribution in [0.4, 0.5) is 0 Å². The molecule has 2 heterocycles. The molecular weight excluding hydrogens is 408 g/mol. The lowest BCUT2D eigenvalue weighted by atomic mass is 10.2. The molecule has 4 rings (SSSR count). The largest absolute Gasteiger partial charge is 0.484 e. The van der Waals surface area contributed by atoms with E-state index in [4.69, 9.17) is 15.0 Å². The zero-order valence-electron chi connectivity index (χ0n) is 17.2. The summed E-state index contributed by atoms with van der Waals surface area (Å²) < 4.78 is 5.63. The number of nitriles is 1. The highest BCUT2D eigenvalue weighted by molar-refractivity contribution is 7.13. The molecule has 6 nitrogen and oxygen atoms in total. The van der Waals surface area contributed by atoms with Gasteiger partial charge in [-0.1, -0.05) is 42.5 Å². The van der Waals surface area contributed by atoms with E-state index in [1.165, 1.54) is 0 Å². The number of benzene rings is 2. The number of carbonyl (C=O) groups is 1. The Hall–Kier alpha value is -3.21. The minimum absolute atomic E-state index is 0.000716. The van der Waals surface area contributed by atoms with Crippen LogP contribution in [0.5, 0.6) is 5.75 Å². The van der Waals surface area contributed by atoms with Gasteiger partial charge >= 0.3 is 0 Å². The summed E-state index contributed by atoms with van der Waals surface area (Å²) in [4.78, 5) is 21.5. The summed E-state index contributed by atoms with van der Waals surface area (Å²) in [5, 5.41) is 11.9. The summed E-state index contributed by atoms with van der Waals surface area (Å²) in [7, 11) is 0. The highest BCUT2D eigenvalue weighted by atomic mass is 32.1. The van der Waals surface area contributed by atoms with Crippen molar-refractivity contribution in [1.82, 2.24) is 14.8 Å². The molecule has 0 bridgehead atoms. The molecule has 0 saturated carbocycles. The standard InChI is InChI=1S/C24H24N4O2S/c25-11-10-19-6-8-22(9-7-19)30-17-23(29)28-14-12-27(13-15-28)16-21-18-31-24(26-21)20-4-2-1-3-5-20/h1-9,18H,10,12-17H2. The molecule has 1 aliphatic heterocycles. The van der Waals surface area contributed by atoms with Crippen LogP contribution in [-0.2, 0) is 17.8 Å². The van der Waals surface area contributed by atoms with Gasteiger partial charge < -0.3 is 9.64 Å². The lowest BCUT2D eigenvalue weighted by Gasteiger charge is -2.34. The molecule has 1 amide bonds. The third-order valence-electron chi connectivity index (χ3n) is 5.25. The quantitative estimate of drug-likeness (QED) is 0.571. The second-order valence-corrected chi connectivity index (χ2v) is 8.29. The number of hydrogen-bond acceptors (Lipinski definition) is 6. The maximum absolute atomic E-state index is 12.5. The third-order valence-corrected chi connectivity index (χ3v) is 6.19.